The van der Waals surface area contributed by atoms with Gasteiger partial charge in [0.25, 0.3) is 0 Å². The molecule has 0 radical (unpaired) electrons. The van der Waals surface area contributed by atoms with E-state index in [4.69, 9.17) is 5.73 Å². The van der Waals surface area contributed by atoms with Crippen LogP contribution in [0.2, 0.25) is 0 Å². The van der Waals surface area contributed by atoms with E-state index in [0.717, 1.165) is 19.0 Å². The molecule has 0 amide bonds. The number of halogens is 1. The second-order valence-corrected chi connectivity index (χ2v) is 6.02. The van der Waals surface area contributed by atoms with Crippen LogP contribution < -0.4 is 10.6 Å². The summed E-state index contributed by atoms with van der Waals surface area (Å²) in [6.07, 6.45) is 2.59. The number of piperidine rings is 1. The van der Waals surface area contributed by atoms with Crippen molar-refractivity contribution < 1.29 is 0 Å². The topological polar surface area (TPSA) is 29.3 Å². The van der Waals surface area contributed by atoms with E-state index in [1.165, 1.54) is 28.6 Å². The van der Waals surface area contributed by atoms with Crippen molar-refractivity contribution in [3.05, 3.63) is 28.2 Å². The Balaban J connectivity index is 2.16. The predicted molar refractivity (Wildman–Crippen MR) is 77.4 cm³/mol. The highest BCUT2D eigenvalue weighted by Gasteiger charge is 2.18. The average molecular weight is 297 g/mol. The summed E-state index contributed by atoms with van der Waals surface area (Å²) < 4.78 is 1.17. The Morgan fingerprint density at radius 2 is 2.00 bits per heavy atom. The van der Waals surface area contributed by atoms with Crippen molar-refractivity contribution in [1.29, 1.82) is 0 Å². The molecule has 1 unspecified atom stereocenters. The van der Waals surface area contributed by atoms with Crippen LogP contribution in [0.15, 0.2) is 22.7 Å². The van der Waals surface area contributed by atoms with E-state index in [1.54, 1.807) is 0 Å². The van der Waals surface area contributed by atoms with Crippen LogP contribution >= 0.6 is 15.9 Å². The van der Waals surface area contributed by atoms with Gasteiger partial charge in [-0.05, 0) is 59.3 Å². The van der Waals surface area contributed by atoms with Crippen molar-refractivity contribution in [1.82, 2.24) is 0 Å². The first kappa shape index (κ1) is 12.9. The first-order valence-electron chi connectivity index (χ1n) is 6.38. The molecule has 1 fully saturated rings. The van der Waals surface area contributed by atoms with Gasteiger partial charge in [-0.25, -0.2) is 0 Å². The van der Waals surface area contributed by atoms with Gasteiger partial charge in [0, 0.05) is 23.6 Å². The van der Waals surface area contributed by atoms with Gasteiger partial charge in [-0.15, -0.1) is 0 Å². The molecule has 94 valence electrons. The molecular weight excluding hydrogens is 276 g/mol. The SMILES string of the molecule is CC1CCN(c2ccc(C(C)N)cc2Br)CC1. The van der Waals surface area contributed by atoms with Crippen molar-refractivity contribution >= 4 is 21.6 Å². The van der Waals surface area contributed by atoms with Crippen molar-refractivity contribution in [2.24, 2.45) is 11.7 Å². The molecule has 2 nitrogen and oxygen atoms in total. The number of nitrogens with zero attached hydrogens (tertiary/aromatic N) is 1. The molecular formula is C14H21BrN2. The third kappa shape index (κ3) is 3.02. The van der Waals surface area contributed by atoms with E-state index < -0.39 is 0 Å². The van der Waals surface area contributed by atoms with Crippen LogP contribution in [0.3, 0.4) is 0 Å². The second-order valence-electron chi connectivity index (χ2n) is 5.17. The fraction of sp³-hybridized carbons (Fsp3) is 0.571. The minimum atomic E-state index is 0.0988. The molecule has 1 aliphatic rings. The molecule has 0 aliphatic carbocycles. The minimum Gasteiger partial charge on any atom is -0.371 e. The van der Waals surface area contributed by atoms with Crippen LogP contribution in [0.25, 0.3) is 0 Å². The fourth-order valence-electron chi connectivity index (χ4n) is 2.31. The number of rotatable bonds is 2. The number of anilines is 1. The van der Waals surface area contributed by atoms with E-state index in [2.05, 4.69) is 46.0 Å². The van der Waals surface area contributed by atoms with Gasteiger partial charge in [0.05, 0.1) is 5.69 Å². The standard InChI is InChI=1S/C14H21BrN2/c1-10-5-7-17(8-6-10)14-4-3-12(11(2)16)9-13(14)15/h3-4,9-11H,5-8,16H2,1-2H3. The number of benzene rings is 1. The van der Waals surface area contributed by atoms with Gasteiger partial charge in [-0.3, -0.25) is 0 Å². The van der Waals surface area contributed by atoms with Crippen LogP contribution in [0.4, 0.5) is 5.69 Å². The fourth-order valence-corrected chi connectivity index (χ4v) is 2.96. The summed E-state index contributed by atoms with van der Waals surface area (Å²) in [5.74, 6) is 0.869. The van der Waals surface area contributed by atoms with Crippen molar-refractivity contribution in [2.75, 3.05) is 18.0 Å². The van der Waals surface area contributed by atoms with Gasteiger partial charge in [0.1, 0.15) is 0 Å². The molecule has 1 aliphatic heterocycles. The number of nitrogens with two attached hydrogens (primary N) is 1. The maximum Gasteiger partial charge on any atom is 0.0510 e. The molecule has 17 heavy (non-hydrogen) atoms. The van der Waals surface area contributed by atoms with Crippen molar-refractivity contribution in [3.63, 3.8) is 0 Å². The largest absolute Gasteiger partial charge is 0.371 e. The highest BCUT2D eigenvalue weighted by atomic mass is 79.9. The van der Waals surface area contributed by atoms with Crippen LogP contribution in [0.1, 0.15) is 38.3 Å². The third-order valence-corrected chi connectivity index (χ3v) is 4.26. The Hall–Kier alpha value is -0.540. The molecule has 0 aromatic heterocycles. The molecule has 0 spiro atoms. The second kappa shape index (κ2) is 5.40. The van der Waals surface area contributed by atoms with Crippen LogP contribution in [0.5, 0.6) is 0 Å². The average Bonchev–Trinajstić information content (AvgIpc) is 2.30. The lowest BCUT2D eigenvalue weighted by Gasteiger charge is -2.33. The van der Waals surface area contributed by atoms with Crippen LogP contribution in [-0.4, -0.2) is 13.1 Å². The first-order valence-corrected chi connectivity index (χ1v) is 7.17. The lowest BCUT2D eigenvalue weighted by atomic mass is 9.98. The molecule has 2 rings (SSSR count). The Bertz CT molecular complexity index is 382. The Labute approximate surface area is 112 Å². The van der Waals surface area contributed by atoms with Crippen LogP contribution in [0, 0.1) is 5.92 Å². The lowest BCUT2D eigenvalue weighted by Crippen LogP contribution is -2.33. The van der Waals surface area contributed by atoms with Gasteiger partial charge in [0.2, 0.25) is 0 Å². The first-order chi connectivity index (χ1) is 8.08. The molecule has 1 aromatic carbocycles. The van der Waals surface area contributed by atoms with Gasteiger partial charge in [-0.2, -0.15) is 0 Å². The van der Waals surface area contributed by atoms with Gasteiger partial charge < -0.3 is 10.6 Å². The van der Waals surface area contributed by atoms with E-state index in [0.29, 0.717) is 0 Å². The van der Waals surface area contributed by atoms with Crippen molar-refractivity contribution in [3.8, 4) is 0 Å². The summed E-state index contributed by atoms with van der Waals surface area (Å²) in [6.45, 7) is 6.68. The molecule has 1 aromatic rings. The zero-order chi connectivity index (χ0) is 12.4. The number of hydrogen-bond acceptors (Lipinski definition) is 2. The highest BCUT2D eigenvalue weighted by Crippen LogP contribution is 2.31. The summed E-state index contributed by atoms with van der Waals surface area (Å²) in [4.78, 5) is 2.47. The van der Waals surface area contributed by atoms with Gasteiger partial charge >= 0.3 is 0 Å². The maximum atomic E-state index is 5.89. The minimum absolute atomic E-state index is 0.0988. The molecule has 0 bridgehead atoms. The molecule has 1 saturated heterocycles. The predicted octanol–water partition coefficient (Wildman–Crippen LogP) is 3.71. The zero-order valence-corrected chi connectivity index (χ0v) is 12.2. The summed E-state index contributed by atoms with van der Waals surface area (Å²) in [6, 6.07) is 6.58. The lowest BCUT2D eigenvalue weighted by molar-refractivity contribution is 0.438. The quantitative estimate of drug-likeness (QED) is 0.901. The van der Waals surface area contributed by atoms with E-state index in [1.807, 2.05) is 6.92 Å². The van der Waals surface area contributed by atoms with Crippen molar-refractivity contribution in [2.45, 2.75) is 32.7 Å². The highest BCUT2D eigenvalue weighted by molar-refractivity contribution is 9.10. The molecule has 1 atom stereocenters. The molecule has 2 N–H and O–H groups in total. The normalized spacial score (nSPS) is 19.4. The Kier molecular flexibility index (Phi) is 4.10. The van der Waals surface area contributed by atoms with Gasteiger partial charge in [0.15, 0.2) is 0 Å². The molecule has 3 heteroatoms. The summed E-state index contributed by atoms with van der Waals surface area (Å²) in [5, 5.41) is 0. The number of hydrogen-bond donors (Lipinski definition) is 1. The Morgan fingerprint density at radius 1 is 1.35 bits per heavy atom. The summed E-state index contributed by atoms with van der Waals surface area (Å²) in [7, 11) is 0. The van der Waals surface area contributed by atoms with E-state index in [9.17, 15) is 0 Å². The smallest absolute Gasteiger partial charge is 0.0510 e. The monoisotopic (exact) mass is 296 g/mol. The van der Waals surface area contributed by atoms with E-state index in [-0.39, 0.29) is 6.04 Å². The molecule has 0 saturated carbocycles. The summed E-state index contributed by atoms with van der Waals surface area (Å²) >= 11 is 3.67. The van der Waals surface area contributed by atoms with Gasteiger partial charge in [-0.1, -0.05) is 13.0 Å². The maximum absolute atomic E-state index is 5.89. The summed E-state index contributed by atoms with van der Waals surface area (Å²) in [5.41, 5.74) is 8.39. The molecule has 1 heterocycles. The van der Waals surface area contributed by atoms with E-state index >= 15 is 0 Å². The Morgan fingerprint density at radius 3 is 2.53 bits per heavy atom. The van der Waals surface area contributed by atoms with Crippen LogP contribution in [-0.2, 0) is 0 Å². The zero-order valence-electron chi connectivity index (χ0n) is 10.6. The third-order valence-electron chi connectivity index (χ3n) is 3.62.